The molecule has 1 heterocycles. The number of hydrogen-bond donors (Lipinski definition) is 2. The van der Waals surface area contributed by atoms with Crippen molar-refractivity contribution in [2.45, 2.75) is 40.2 Å². The number of aromatic nitrogens is 2. The summed E-state index contributed by atoms with van der Waals surface area (Å²) in [4.78, 5) is 42.5. The molecule has 0 fully saturated rings. The van der Waals surface area contributed by atoms with Crippen LogP contribution in [0.4, 0.5) is 0 Å². The number of nitrogens with one attached hydrogen (secondary N) is 2. The van der Waals surface area contributed by atoms with Crippen LogP contribution < -0.4 is 16.0 Å². The summed E-state index contributed by atoms with van der Waals surface area (Å²) in [6, 6.07) is 7.63. The molecule has 1 aromatic heterocycles. The summed E-state index contributed by atoms with van der Waals surface area (Å²) in [7, 11) is 0. The van der Waals surface area contributed by atoms with Crippen molar-refractivity contribution in [3.05, 3.63) is 61.9 Å². The van der Waals surface area contributed by atoms with Crippen LogP contribution in [0, 0.1) is 6.92 Å². The van der Waals surface area contributed by atoms with Crippen molar-refractivity contribution in [1.29, 1.82) is 0 Å². The largest absolute Gasteiger partial charge is 0.494 e. The van der Waals surface area contributed by atoms with E-state index in [0.29, 0.717) is 31.0 Å². The fourth-order valence-corrected chi connectivity index (χ4v) is 2.78. The predicted octanol–water partition coefficient (Wildman–Crippen LogP) is 1.75. The highest BCUT2D eigenvalue weighted by atomic mass is 16.5. The van der Waals surface area contributed by atoms with E-state index in [1.54, 1.807) is 11.8 Å². The van der Waals surface area contributed by atoms with E-state index in [4.69, 9.17) is 4.74 Å². The molecule has 26 heavy (non-hydrogen) atoms. The first-order valence-corrected chi connectivity index (χ1v) is 8.76. The molecule has 0 aliphatic rings. The minimum Gasteiger partial charge on any atom is -0.494 e. The number of aryl methyl sites for hydroxylation is 1. The van der Waals surface area contributed by atoms with Gasteiger partial charge >= 0.3 is 5.69 Å². The zero-order valence-corrected chi connectivity index (χ0v) is 15.4. The SMILES string of the molecule is CCCN(Cc1cccc(OCC)c1)C(=O)Cc1c(C)[nH]c(=O)[nH]c1=O. The Morgan fingerprint density at radius 2 is 1.96 bits per heavy atom. The molecule has 2 aromatic rings. The van der Waals surface area contributed by atoms with Crippen LogP contribution in [0.1, 0.15) is 37.1 Å². The Labute approximate surface area is 152 Å². The number of H-pyrrole nitrogens is 2. The van der Waals surface area contributed by atoms with E-state index in [1.165, 1.54) is 0 Å². The third kappa shape index (κ3) is 5.08. The lowest BCUT2D eigenvalue weighted by Crippen LogP contribution is -2.35. The van der Waals surface area contributed by atoms with Crippen LogP contribution in [0.3, 0.4) is 0 Å². The third-order valence-electron chi connectivity index (χ3n) is 4.01. The van der Waals surface area contributed by atoms with Gasteiger partial charge in [-0.1, -0.05) is 19.1 Å². The second kappa shape index (κ2) is 9.03. The molecular formula is C19H25N3O4. The zero-order chi connectivity index (χ0) is 19.1. The first-order chi connectivity index (χ1) is 12.4. The molecule has 0 unspecified atom stereocenters. The molecular weight excluding hydrogens is 334 g/mol. The fourth-order valence-electron chi connectivity index (χ4n) is 2.78. The summed E-state index contributed by atoms with van der Waals surface area (Å²) in [5, 5.41) is 0. The minimum absolute atomic E-state index is 0.0525. The summed E-state index contributed by atoms with van der Waals surface area (Å²) >= 11 is 0. The van der Waals surface area contributed by atoms with Crippen molar-refractivity contribution < 1.29 is 9.53 Å². The number of nitrogens with zero attached hydrogens (tertiary/aromatic N) is 1. The lowest BCUT2D eigenvalue weighted by Gasteiger charge is -2.23. The normalized spacial score (nSPS) is 10.6. The van der Waals surface area contributed by atoms with Crippen LogP contribution in [0.5, 0.6) is 5.75 Å². The van der Waals surface area contributed by atoms with Gasteiger partial charge in [-0.05, 0) is 38.0 Å². The van der Waals surface area contributed by atoms with Crippen molar-refractivity contribution in [2.75, 3.05) is 13.2 Å². The second-order valence-corrected chi connectivity index (χ2v) is 6.08. The number of ether oxygens (including phenoxy) is 1. The molecule has 0 radical (unpaired) electrons. The van der Waals surface area contributed by atoms with Crippen LogP contribution in [0.2, 0.25) is 0 Å². The van der Waals surface area contributed by atoms with Crippen molar-refractivity contribution in [3.63, 3.8) is 0 Å². The van der Waals surface area contributed by atoms with Crippen molar-refractivity contribution in [2.24, 2.45) is 0 Å². The lowest BCUT2D eigenvalue weighted by atomic mass is 10.1. The van der Waals surface area contributed by atoms with Gasteiger partial charge in [0.25, 0.3) is 5.56 Å². The quantitative estimate of drug-likeness (QED) is 0.751. The molecule has 1 amide bonds. The summed E-state index contributed by atoms with van der Waals surface area (Å²) in [5.41, 5.74) is 0.585. The van der Waals surface area contributed by atoms with Crippen molar-refractivity contribution in [3.8, 4) is 5.75 Å². The Morgan fingerprint density at radius 1 is 1.19 bits per heavy atom. The molecule has 2 N–H and O–H groups in total. The number of benzene rings is 1. The Balaban J connectivity index is 2.19. The summed E-state index contributed by atoms with van der Waals surface area (Å²) in [6.45, 7) is 7.13. The van der Waals surface area contributed by atoms with Gasteiger partial charge in [0.1, 0.15) is 5.75 Å². The number of amides is 1. The number of carbonyl (C=O) groups is 1. The zero-order valence-electron chi connectivity index (χ0n) is 15.4. The Bertz CT molecular complexity index is 870. The third-order valence-corrected chi connectivity index (χ3v) is 4.01. The molecule has 1 aromatic carbocycles. The van der Waals surface area contributed by atoms with Crippen LogP contribution in [-0.4, -0.2) is 33.9 Å². The molecule has 0 saturated heterocycles. The van der Waals surface area contributed by atoms with Crippen molar-refractivity contribution in [1.82, 2.24) is 14.9 Å². The van der Waals surface area contributed by atoms with Crippen LogP contribution >= 0.6 is 0 Å². The molecule has 0 spiro atoms. The highest BCUT2D eigenvalue weighted by Gasteiger charge is 2.17. The van der Waals surface area contributed by atoms with Gasteiger partial charge in [0.05, 0.1) is 13.0 Å². The lowest BCUT2D eigenvalue weighted by molar-refractivity contribution is -0.131. The Hall–Kier alpha value is -2.83. The smallest absolute Gasteiger partial charge is 0.325 e. The molecule has 0 aliphatic heterocycles. The fraction of sp³-hybridized carbons (Fsp3) is 0.421. The number of hydrogen-bond acceptors (Lipinski definition) is 4. The molecule has 0 saturated carbocycles. The van der Waals surface area contributed by atoms with E-state index >= 15 is 0 Å². The highest BCUT2D eigenvalue weighted by Crippen LogP contribution is 2.16. The molecule has 0 atom stereocenters. The van der Waals surface area contributed by atoms with Gasteiger partial charge in [0.15, 0.2) is 0 Å². The summed E-state index contributed by atoms with van der Waals surface area (Å²) < 4.78 is 5.50. The standard InChI is InChI=1S/C19H25N3O4/c1-4-9-22(12-14-7-6-8-15(10-14)26-5-2)17(23)11-16-13(3)20-19(25)21-18(16)24/h6-8,10H,4-5,9,11-12H2,1-3H3,(H2,20,21,24,25). The van der Waals surface area contributed by atoms with Gasteiger partial charge < -0.3 is 14.6 Å². The maximum Gasteiger partial charge on any atom is 0.325 e. The van der Waals surface area contributed by atoms with Gasteiger partial charge in [0, 0.05) is 24.3 Å². The molecule has 0 bridgehead atoms. The molecule has 2 rings (SSSR count). The van der Waals surface area contributed by atoms with E-state index in [1.807, 2.05) is 38.1 Å². The van der Waals surface area contributed by atoms with Crippen molar-refractivity contribution >= 4 is 5.91 Å². The topological polar surface area (TPSA) is 95.3 Å². The average Bonchev–Trinajstić information content (AvgIpc) is 2.58. The second-order valence-electron chi connectivity index (χ2n) is 6.08. The van der Waals surface area contributed by atoms with E-state index in [2.05, 4.69) is 9.97 Å². The summed E-state index contributed by atoms with van der Waals surface area (Å²) in [5.74, 6) is 0.608. The van der Waals surface area contributed by atoms with Crippen LogP contribution in [0.25, 0.3) is 0 Å². The van der Waals surface area contributed by atoms with Gasteiger partial charge in [-0.2, -0.15) is 0 Å². The van der Waals surface area contributed by atoms with Gasteiger partial charge in [0.2, 0.25) is 5.91 Å². The van der Waals surface area contributed by atoms with Crippen LogP contribution in [0.15, 0.2) is 33.9 Å². The maximum atomic E-state index is 12.8. The maximum absolute atomic E-state index is 12.8. The van der Waals surface area contributed by atoms with Crippen LogP contribution in [-0.2, 0) is 17.8 Å². The molecule has 7 nitrogen and oxygen atoms in total. The van der Waals surface area contributed by atoms with Gasteiger partial charge in [-0.3, -0.25) is 14.6 Å². The van der Waals surface area contributed by atoms with E-state index < -0.39 is 11.2 Å². The number of aromatic amines is 2. The molecule has 140 valence electrons. The van der Waals surface area contributed by atoms with E-state index in [9.17, 15) is 14.4 Å². The first kappa shape index (κ1) is 19.5. The highest BCUT2D eigenvalue weighted by molar-refractivity contribution is 5.78. The predicted molar refractivity (Wildman–Crippen MR) is 99.4 cm³/mol. The monoisotopic (exact) mass is 359 g/mol. The Kier molecular flexibility index (Phi) is 6.77. The average molecular weight is 359 g/mol. The van der Waals surface area contributed by atoms with Gasteiger partial charge in [-0.25, -0.2) is 4.79 Å². The Morgan fingerprint density at radius 3 is 2.62 bits per heavy atom. The first-order valence-electron chi connectivity index (χ1n) is 8.76. The molecule has 7 heteroatoms. The van der Waals surface area contributed by atoms with Gasteiger partial charge in [-0.15, -0.1) is 0 Å². The number of carbonyl (C=O) groups excluding carboxylic acids is 1. The molecule has 0 aliphatic carbocycles. The minimum atomic E-state index is -0.568. The summed E-state index contributed by atoms with van der Waals surface area (Å²) in [6.07, 6.45) is 0.751. The van der Waals surface area contributed by atoms with E-state index in [-0.39, 0.29) is 12.3 Å². The number of rotatable bonds is 8. The van der Waals surface area contributed by atoms with E-state index in [0.717, 1.165) is 17.7 Å².